The van der Waals surface area contributed by atoms with Gasteiger partial charge < -0.3 is 15.1 Å². The number of urea groups is 1. The summed E-state index contributed by atoms with van der Waals surface area (Å²) in [4.78, 5) is 37.6. The number of halogens is 1. The van der Waals surface area contributed by atoms with Crippen molar-refractivity contribution < 1.29 is 23.2 Å². The molecule has 1 aliphatic heterocycles. The van der Waals surface area contributed by atoms with Gasteiger partial charge in [-0.3, -0.25) is 14.5 Å². The number of imide groups is 1. The third-order valence-corrected chi connectivity index (χ3v) is 3.98. The molecular weight excluding hydrogens is 329 g/mol. The van der Waals surface area contributed by atoms with Gasteiger partial charge in [0.15, 0.2) is 5.54 Å². The molecule has 0 spiro atoms. The molecule has 2 aromatic rings. The number of carbonyl (C=O) groups is 3. The molecule has 2 heterocycles. The molecule has 1 atom stereocenters. The summed E-state index contributed by atoms with van der Waals surface area (Å²) in [5.41, 5.74) is -0.849. The van der Waals surface area contributed by atoms with Crippen molar-refractivity contribution in [2.45, 2.75) is 18.9 Å². The predicted molar refractivity (Wildman–Crippen MR) is 86.0 cm³/mol. The smallest absolute Gasteiger partial charge is 0.325 e. The van der Waals surface area contributed by atoms with Crippen LogP contribution in [0.15, 0.2) is 47.1 Å². The van der Waals surface area contributed by atoms with Crippen LogP contribution in [0.3, 0.4) is 0 Å². The van der Waals surface area contributed by atoms with Crippen molar-refractivity contribution >= 4 is 23.5 Å². The molecule has 0 aliphatic carbocycles. The molecule has 4 amide bonds. The minimum Gasteiger partial charge on any atom is -0.466 e. The Morgan fingerprint density at radius 2 is 2.00 bits per heavy atom. The van der Waals surface area contributed by atoms with E-state index < -0.39 is 23.3 Å². The lowest BCUT2D eigenvalue weighted by Crippen LogP contribution is -2.40. The van der Waals surface area contributed by atoms with E-state index in [1.54, 1.807) is 19.1 Å². The van der Waals surface area contributed by atoms with Crippen LogP contribution in [0.25, 0.3) is 0 Å². The largest absolute Gasteiger partial charge is 0.466 e. The van der Waals surface area contributed by atoms with E-state index in [9.17, 15) is 18.8 Å². The van der Waals surface area contributed by atoms with Crippen LogP contribution in [0.4, 0.5) is 14.9 Å². The van der Waals surface area contributed by atoms with Crippen molar-refractivity contribution in [3.05, 3.63) is 54.2 Å². The van der Waals surface area contributed by atoms with Crippen molar-refractivity contribution in [3.8, 4) is 0 Å². The van der Waals surface area contributed by atoms with E-state index in [0.717, 1.165) is 4.90 Å². The van der Waals surface area contributed by atoms with E-state index in [4.69, 9.17) is 4.42 Å². The van der Waals surface area contributed by atoms with E-state index in [2.05, 4.69) is 10.6 Å². The van der Waals surface area contributed by atoms with Crippen molar-refractivity contribution in [3.63, 3.8) is 0 Å². The fourth-order valence-electron chi connectivity index (χ4n) is 2.60. The van der Waals surface area contributed by atoms with Crippen molar-refractivity contribution in [2.75, 3.05) is 11.9 Å². The number of carbonyl (C=O) groups excluding carboxylic acids is 3. The number of nitrogens with one attached hydrogen (secondary N) is 2. The van der Waals surface area contributed by atoms with E-state index in [0.29, 0.717) is 11.4 Å². The standard InChI is InChI=1S/C17H16FN3O4/c1-17(13-3-2-10-25-13)15(23)21(16(24)20-17)9-8-14(22)19-12-6-4-11(18)5-7-12/h2-7,10H,8-9H2,1H3,(H,19,22)(H,20,24). The number of hydrogen-bond donors (Lipinski definition) is 2. The zero-order chi connectivity index (χ0) is 18.0. The van der Waals surface area contributed by atoms with Gasteiger partial charge in [0.1, 0.15) is 11.6 Å². The number of furan rings is 1. The van der Waals surface area contributed by atoms with Crippen LogP contribution in [0.2, 0.25) is 0 Å². The van der Waals surface area contributed by atoms with Crippen LogP contribution in [0.1, 0.15) is 19.1 Å². The molecule has 1 aromatic carbocycles. The molecule has 1 saturated heterocycles. The summed E-state index contributed by atoms with van der Waals surface area (Å²) in [6.07, 6.45) is 1.34. The highest BCUT2D eigenvalue weighted by Gasteiger charge is 2.50. The molecule has 7 nitrogen and oxygen atoms in total. The van der Waals surface area contributed by atoms with Gasteiger partial charge in [-0.1, -0.05) is 0 Å². The van der Waals surface area contributed by atoms with Crippen LogP contribution in [-0.4, -0.2) is 29.3 Å². The maximum Gasteiger partial charge on any atom is 0.325 e. The lowest BCUT2D eigenvalue weighted by molar-refractivity contribution is -0.131. The van der Waals surface area contributed by atoms with Gasteiger partial charge in [0, 0.05) is 18.7 Å². The predicted octanol–water partition coefficient (Wildman–Crippen LogP) is 2.21. The minimum absolute atomic E-state index is 0.0754. The van der Waals surface area contributed by atoms with E-state index >= 15 is 0 Å². The summed E-state index contributed by atoms with van der Waals surface area (Å²) in [7, 11) is 0. The topological polar surface area (TPSA) is 91.7 Å². The van der Waals surface area contributed by atoms with Gasteiger partial charge in [-0.2, -0.15) is 0 Å². The molecule has 1 aromatic heterocycles. The van der Waals surface area contributed by atoms with Crippen molar-refractivity contribution in [1.82, 2.24) is 10.2 Å². The van der Waals surface area contributed by atoms with Gasteiger partial charge in [-0.25, -0.2) is 9.18 Å². The number of rotatable bonds is 5. The van der Waals surface area contributed by atoms with Crippen molar-refractivity contribution in [1.29, 1.82) is 0 Å². The second-order valence-electron chi connectivity index (χ2n) is 5.79. The Morgan fingerprint density at radius 3 is 2.64 bits per heavy atom. The van der Waals surface area contributed by atoms with Gasteiger partial charge in [0.05, 0.1) is 6.26 Å². The maximum atomic E-state index is 12.8. The van der Waals surface area contributed by atoms with Crippen LogP contribution in [0.5, 0.6) is 0 Å². The Labute approximate surface area is 142 Å². The summed E-state index contributed by atoms with van der Waals surface area (Å²) in [6, 6.07) is 7.94. The molecule has 1 unspecified atom stereocenters. The average molecular weight is 345 g/mol. The van der Waals surface area contributed by atoms with Gasteiger partial charge >= 0.3 is 6.03 Å². The third kappa shape index (κ3) is 3.23. The lowest BCUT2D eigenvalue weighted by atomic mass is 9.99. The number of hydrogen-bond acceptors (Lipinski definition) is 4. The third-order valence-electron chi connectivity index (χ3n) is 3.98. The Balaban J connectivity index is 1.61. The number of anilines is 1. The minimum atomic E-state index is -1.28. The van der Waals surface area contributed by atoms with Crippen LogP contribution < -0.4 is 10.6 Å². The second kappa shape index (κ2) is 6.39. The molecule has 130 valence electrons. The normalized spacial score (nSPS) is 19.8. The monoisotopic (exact) mass is 345 g/mol. The maximum absolute atomic E-state index is 12.8. The first-order chi connectivity index (χ1) is 11.9. The second-order valence-corrected chi connectivity index (χ2v) is 5.79. The SMILES string of the molecule is CC1(c2ccco2)NC(=O)N(CCC(=O)Nc2ccc(F)cc2)C1=O. The Morgan fingerprint density at radius 1 is 1.28 bits per heavy atom. The number of amides is 4. The number of nitrogens with zero attached hydrogens (tertiary/aromatic N) is 1. The molecule has 0 saturated carbocycles. The first-order valence-corrected chi connectivity index (χ1v) is 7.63. The molecule has 8 heteroatoms. The molecule has 3 rings (SSSR count). The zero-order valence-corrected chi connectivity index (χ0v) is 13.4. The van der Waals surface area contributed by atoms with E-state index in [1.807, 2.05) is 0 Å². The van der Waals surface area contributed by atoms with Gasteiger partial charge in [-0.05, 0) is 43.3 Å². The molecule has 0 radical (unpaired) electrons. The zero-order valence-electron chi connectivity index (χ0n) is 13.4. The van der Waals surface area contributed by atoms with E-state index in [1.165, 1.54) is 30.5 Å². The number of benzene rings is 1. The Kier molecular flexibility index (Phi) is 4.26. The highest BCUT2D eigenvalue weighted by atomic mass is 19.1. The Bertz CT molecular complexity index is 804. The summed E-state index contributed by atoms with van der Waals surface area (Å²) in [5, 5.41) is 5.16. The molecule has 1 fully saturated rings. The fourth-order valence-corrected chi connectivity index (χ4v) is 2.60. The van der Waals surface area contributed by atoms with Gasteiger partial charge in [-0.15, -0.1) is 0 Å². The summed E-state index contributed by atoms with van der Waals surface area (Å²) in [5.74, 6) is -0.959. The van der Waals surface area contributed by atoms with Crippen molar-refractivity contribution in [2.24, 2.45) is 0 Å². The quantitative estimate of drug-likeness (QED) is 0.813. The molecule has 25 heavy (non-hydrogen) atoms. The molecule has 2 N–H and O–H groups in total. The molecular formula is C17H16FN3O4. The van der Waals surface area contributed by atoms with Gasteiger partial charge in [0.25, 0.3) is 5.91 Å². The Hall–Kier alpha value is -3.16. The highest BCUT2D eigenvalue weighted by Crippen LogP contribution is 2.29. The summed E-state index contributed by atoms with van der Waals surface area (Å²) >= 11 is 0. The first-order valence-electron chi connectivity index (χ1n) is 7.63. The molecule has 0 bridgehead atoms. The van der Waals surface area contributed by atoms with Gasteiger partial charge in [0.2, 0.25) is 5.91 Å². The van der Waals surface area contributed by atoms with Crippen LogP contribution in [0, 0.1) is 5.82 Å². The van der Waals surface area contributed by atoms with E-state index in [-0.39, 0.29) is 18.9 Å². The average Bonchev–Trinajstić information content (AvgIpc) is 3.18. The molecule has 1 aliphatic rings. The van der Waals surface area contributed by atoms with Crippen LogP contribution >= 0.6 is 0 Å². The lowest BCUT2D eigenvalue weighted by Gasteiger charge is -2.18. The highest BCUT2D eigenvalue weighted by molar-refractivity contribution is 6.07. The summed E-state index contributed by atoms with van der Waals surface area (Å²) < 4.78 is 18.1. The first kappa shape index (κ1) is 16.7. The summed E-state index contributed by atoms with van der Waals surface area (Å²) in [6.45, 7) is 1.47. The van der Waals surface area contributed by atoms with Crippen LogP contribution in [-0.2, 0) is 15.1 Å². The fraction of sp³-hybridized carbons (Fsp3) is 0.235.